The summed E-state index contributed by atoms with van der Waals surface area (Å²) in [5, 5.41) is 3.03. The molecule has 0 aromatic heterocycles. The molecule has 1 fully saturated rings. The second kappa shape index (κ2) is 5.06. The smallest absolute Gasteiger partial charge is 0.235 e. The summed E-state index contributed by atoms with van der Waals surface area (Å²) in [6.07, 6.45) is 1.86. The lowest BCUT2D eigenvalue weighted by atomic mass is 9.94. The summed E-state index contributed by atoms with van der Waals surface area (Å²) in [6, 6.07) is 16.0. The quantitative estimate of drug-likeness (QED) is 0.886. The van der Waals surface area contributed by atoms with Gasteiger partial charge in [-0.25, -0.2) is 0 Å². The van der Waals surface area contributed by atoms with Gasteiger partial charge in [-0.2, -0.15) is 0 Å². The van der Waals surface area contributed by atoms with Gasteiger partial charge >= 0.3 is 0 Å². The van der Waals surface area contributed by atoms with Crippen LogP contribution in [0.2, 0.25) is 0 Å². The minimum absolute atomic E-state index is 0.101. The van der Waals surface area contributed by atoms with Crippen LogP contribution in [0.5, 0.6) is 0 Å². The Kier molecular flexibility index (Phi) is 3.38. The van der Waals surface area contributed by atoms with Crippen molar-refractivity contribution >= 4 is 27.5 Å². The number of hydrogen-bond donors (Lipinski definition) is 1. The van der Waals surface area contributed by atoms with E-state index in [1.54, 1.807) is 0 Å². The molecule has 3 heteroatoms. The molecule has 0 atom stereocenters. The summed E-state index contributed by atoms with van der Waals surface area (Å²) in [6.45, 7) is 2.06. The number of carbonyl (C=O) groups is 1. The van der Waals surface area contributed by atoms with Crippen LogP contribution in [0.1, 0.15) is 24.0 Å². The van der Waals surface area contributed by atoms with Gasteiger partial charge in [0.25, 0.3) is 0 Å². The number of rotatable bonds is 3. The van der Waals surface area contributed by atoms with E-state index in [0.717, 1.165) is 28.6 Å². The van der Waals surface area contributed by atoms with Crippen LogP contribution >= 0.6 is 15.9 Å². The molecule has 0 radical (unpaired) electrons. The Hall–Kier alpha value is -1.61. The zero-order valence-corrected chi connectivity index (χ0v) is 12.9. The predicted molar refractivity (Wildman–Crippen MR) is 84.9 cm³/mol. The van der Waals surface area contributed by atoms with E-state index < -0.39 is 0 Å². The van der Waals surface area contributed by atoms with Gasteiger partial charge in [-0.3, -0.25) is 4.79 Å². The normalized spacial score (nSPS) is 15.7. The fraction of sp³-hybridized carbons (Fsp3) is 0.235. The highest BCUT2D eigenvalue weighted by atomic mass is 79.9. The number of aryl methyl sites for hydroxylation is 1. The number of halogens is 1. The van der Waals surface area contributed by atoms with Gasteiger partial charge in [-0.05, 0) is 49.6 Å². The van der Waals surface area contributed by atoms with E-state index in [-0.39, 0.29) is 11.3 Å². The van der Waals surface area contributed by atoms with E-state index in [9.17, 15) is 4.79 Å². The molecule has 20 heavy (non-hydrogen) atoms. The number of benzene rings is 2. The molecule has 0 heterocycles. The Morgan fingerprint density at radius 3 is 2.20 bits per heavy atom. The first-order chi connectivity index (χ1) is 9.60. The average molecular weight is 330 g/mol. The van der Waals surface area contributed by atoms with Crippen molar-refractivity contribution in [1.82, 2.24) is 0 Å². The van der Waals surface area contributed by atoms with Crippen molar-refractivity contribution in [2.75, 3.05) is 5.32 Å². The molecule has 102 valence electrons. The number of anilines is 1. The first-order valence-corrected chi connectivity index (χ1v) is 7.54. The number of nitrogens with one attached hydrogen (secondary N) is 1. The van der Waals surface area contributed by atoms with Gasteiger partial charge in [0.2, 0.25) is 5.91 Å². The zero-order valence-electron chi connectivity index (χ0n) is 11.3. The number of amides is 1. The third-order valence-electron chi connectivity index (χ3n) is 3.89. The summed E-state index contributed by atoms with van der Waals surface area (Å²) in [7, 11) is 0. The third-order valence-corrected chi connectivity index (χ3v) is 4.42. The molecule has 1 amide bonds. The van der Waals surface area contributed by atoms with E-state index >= 15 is 0 Å². The molecule has 1 N–H and O–H groups in total. The third kappa shape index (κ3) is 2.50. The lowest BCUT2D eigenvalue weighted by Crippen LogP contribution is -2.27. The molecule has 2 aromatic carbocycles. The van der Waals surface area contributed by atoms with E-state index in [2.05, 4.69) is 52.4 Å². The monoisotopic (exact) mass is 329 g/mol. The minimum atomic E-state index is -0.319. The minimum Gasteiger partial charge on any atom is -0.325 e. The van der Waals surface area contributed by atoms with Gasteiger partial charge in [-0.15, -0.1) is 0 Å². The lowest BCUT2D eigenvalue weighted by molar-refractivity contribution is -0.118. The van der Waals surface area contributed by atoms with Gasteiger partial charge in [0, 0.05) is 10.2 Å². The Morgan fingerprint density at radius 2 is 1.65 bits per heavy atom. The van der Waals surface area contributed by atoms with Gasteiger partial charge in [0.05, 0.1) is 5.41 Å². The molecule has 1 aliphatic carbocycles. The zero-order chi connectivity index (χ0) is 14.2. The molecule has 0 spiro atoms. The topological polar surface area (TPSA) is 29.1 Å². The maximum absolute atomic E-state index is 12.5. The van der Waals surface area contributed by atoms with Crippen molar-refractivity contribution < 1.29 is 4.79 Å². The summed E-state index contributed by atoms with van der Waals surface area (Å²) in [5.41, 5.74) is 2.87. The van der Waals surface area contributed by atoms with Crippen molar-refractivity contribution in [3.63, 3.8) is 0 Å². The summed E-state index contributed by atoms with van der Waals surface area (Å²) in [5.74, 6) is 0.101. The standard InChI is InChI=1S/C17H16BrNO/c1-12-2-4-13(5-3-12)17(10-11-17)16(20)19-15-8-6-14(18)7-9-15/h2-9H,10-11H2,1H3,(H,19,20). The number of carbonyl (C=O) groups excluding carboxylic acids is 1. The molecule has 0 bridgehead atoms. The van der Waals surface area contributed by atoms with Crippen LogP contribution in [0.4, 0.5) is 5.69 Å². The fourth-order valence-electron chi connectivity index (χ4n) is 2.43. The molecule has 2 aromatic rings. The van der Waals surface area contributed by atoms with Gasteiger partial charge in [0.15, 0.2) is 0 Å². The second-order valence-electron chi connectivity index (χ2n) is 5.41. The highest BCUT2D eigenvalue weighted by Crippen LogP contribution is 2.49. The Labute approximate surface area is 127 Å². The molecular weight excluding hydrogens is 314 g/mol. The summed E-state index contributed by atoms with van der Waals surface area (Å²) in [4.78, 5) is 12.5. The molecule has 1 aliphatic rings. The van der Waals surface area contributed by atoms with Crippen molar-refractivity contribution in [1.29, 1.82) is 0 Å². The highest BCUT2D eigenvalue weighted by Gasteiger charge is 2.51. The second-order valence-corrected chi connectivity index (χ2v) is 6.32. The average Bonchev–Trinajstić information content (AvgIpc) is 3.24. The highest BCUT2D eigenvalue weighted by molar-refractivity contribution is 9.10. The fourth-order valence-corrected chi connectivity index (χ4v) is 2.69. The molecule has 0 unspecified atom stereocenters. The number of hydrogen-bond acceptors (Lipinski definition) is 1. The van der Waals surface area contributed by atoms with Crippen LogP contribution in [0.15, 0.2) is 53.0 Å². The van der Waals surface area contributed by atoms with Gasteiger partial charge in [-0.1, -0.05) is 45.8 Å². The maximum atomic E-state index is 12.5. The SMILES string of the molecule is Cc1ccc(C2(C(=O)Nc3ccc(Br)cc3)CC2)cc1. The molecule has 1 saturated carbocycles. The molecule has 0 saturated heterocycles. The molecular formula is C17H16BrNO. The van der Waals surface area contributed by atoms with Crippen LogP contribution in [0, 0.1) is 6.92 Å². The van der Waals surface area contributed by atoms with Crippen molar-refractivity contribution in [2.24, 2.45) is 0 Å². The van der Waals surface area contributed by atoms with Crippen molar-refractivity contribution in [3.05, 3.63) is 64.1 Å². The van der Waals surface area contributed by atoms with Crippen molar-refractivity contribution in [2.45, 2.75) is 25.2 Å². The van der Waals surface area contributed by atoms with E-state index in [1.165, 1.54) is 5.56 Å². The molecule has 0 aliphatic heterocycles. The van der Waals surface area contributed by atoms with E-state index in [1.807, 2.05) is 24.3 Å². The predicted octanol–water partition coefficient (Wildman–Crippen LogP) is 4.43. The van der Waals surface area contributed by atoms with E-state index in [0.29, 0.717) is 0 Å². The Morgan fingerprint density at radius 1 is 1.05 bits per heavy atom. The summed E-state index contributed by atoms with van der Waals surface area (Å²) >= 11 is 3.39. The van der Waals surface area contributed by atoms with E-state index in [4.69, 9.17) is 0 Å². The van der Waals surface area contributed by atoms with Crippen LogP contribution < -0.4 is 5.32 Å². The van der Waals surface area contributed by atoms with Crippen LogP contribution in [-0.2, 0) is 10.2 Å². The lowest BCUT2D eigenvalue weighted by Gasteiger charge is -2.16. The molecule has 3 rings (SSSR count). The summed E-state index contributed by atoms with van der Waals surface area (Å²) < 4.78 is 1.01. The van der Waals surface area contributed by atoms with Crippen molar-refractivity contribution in [3.8, 4) is 0 Å². The first-order valence-electron chi connectivity index (χ1n) is 6.74. The maximum Gasteiger partial charge on any atom is 0.235 e. The van der Waals surface area contributed by atoms with Crippen LogP contribution in [-0.4, -0.2) is 5.91 Å². The molecule has 2 nitrogen and oxygen atoms in total. The van der Waals surface area contributed by atoms with Crippen LogP contribution in [0.3, 0.4) is 0 Å². The first kappa shape index (κ1) is 13.4. The van der Waals surface area contributed by atoms with Gasteiger partial charge < -0.3 is 5.32 Å². The Balaban J connectivity index is 1.79. The van der Waals surface area contributed by atoms with Gasteiger partial charge in [0.1, 0.15) is 0 Å². The Bertz CT molecular complexity index is 627. The van der Waals surface area contributed by atoms with Crippen LogP contribution in [0.25, 0.3) is 0 Å². The largest absolute Gasteiger partial charge is 0.325 e.